The lowest BCUT2D eigenvalue weighted by Gasteiger charge is -2.10. The Labute approximate surface area is 104 Å². The Morgan fingerprint density at radius 3 is 2.76 bits per heavy atom. The van der Waals surface area contributed by atoms with Gasteiger partial charge in [-0.3, -0.25) is 4.79 Å². The van der Waals surface area contributed by atoms with E-state index in [1.165, 1.54) is 0 Å². The molecule has 94 valence electrons. The van der Waals surface area contributed by atoms with Crippen LogP contribution in [0.2, 0.25) is 0 Å². The standard InChI is InChI=1S/C10H9BrF3NO2/c1-2-17-7(16)3-5-8(9(12)13)6(11)4-15-10(5)14/h4,9H,2-3H2,1H3. The van der Waals surface area contributed by atoms with Gasteiger partial charge in [0.25, 0.3) is 6.43 Å². The zero-order chi connectivity index (χ0) is 13.0. The highest BCUT2D eigenvalue weighted by atomic mass is 79.9. The van der Waals surface area contributed by atoms with Crippen LogP contribution in [-0.4, -0.2) is 17.6 Å². The zero-order valence-corrected chi connectivity index (χ0v) is 10.4. The number of hydrogen-bond acceptors (Lipinski definition) is 3. The molecule has 0 amide bonds. The Morgan fingerprint density at radius 1 is 1.59 bits per heavy atom. The molecule has 0 aliphatic carbocycles. The number of hydrogen-bond donors (Lipinski definition) is 0. The predicted octanol–water partition coefficient (Wildman–Crippen LogP) is 3.03. The molecule has 1 rings (SSSR count). The molecule has 0 saturated heterocycles. The van der Waals surface area contributed by atoms with E-state index in [0.717, 1.165) is 6.20 Å². The van der Waals surface area contributed by atoms with Gasteiger partial charge in [-0.1, -0.05) is 0 Å². The van der Waals surface area contributed by atoms with Crippen molar-refractivity contribution in [3.8, 4) is 0 Å². The van der Waals surface area contributed by atoms with Gasteiger partial charge in [0.05, 0.1) is 13.0 Å². The Kier molecular flexibility index (Phi) is 4.92. The third-order valence-corrected chi connectivity index (χ3v) is 2.60. The lowest BCUT2D eigenvalue weighted by Crippen LogP contribution is -2.12. The molecule has 0 aliphatic rings. The highest BCUT2D eigenvalue weighted by Gasteiger charge is 2.23. The highest BCUT2D eigenvalue weighted by Crippen LogP contribution is 2.31. The Bertz CT molecular complexity index is 426. The fraction of sp³-hybridized carbons (Fsp3) is 0.400. The Morgan fingerprint density at radius 2 is 2.24 bits per heavy atom. The van der Waals surface area contributed by atoms with E-state index < -0.39 is 35.9 Å². The highest BCUT2D eigenvalue weighted by molar-refractivity contribution is 9.10. The van der Waals surface area contributed by atoms with Crippen LogP contribution in [0.4, 0.5) is 13.2 Å². The van der Waals surface area contributed by atoms with Gasteiger partial charge in [-0.2, -0.15) is 4.39 Å². The summed E-state index contributed by atoms with van der Waals surface area (Å²) in [5.74, 6) is -1.86. The van der Waals surface area contributed by atoms with Crippen molar-refractivity contribution >= 4 is 21.9 Å². The number of rotatable bonds is 4. The zero-order valence-electron chi connectivity index (χ0n) is 8.84. The molecule has 0 aliphatic heterocycles. The number of esters is 1. The normalized spacial score (nSPS) is 10.7. The van der Waals surface area contributed by atoms with Crippen molar-refractivity contribution in [1.82, 2.24) is 4.98 Å². The molecule has 0 unspecified atom stereocenters. The van der Waals surface area contributed by atoms with Crippen LogP contribution in [0.15, 0.2) is 10.7 Å². The molecule has 0 radical (unpaired) electrons. The summed E-state index contributed by atoms with van der Waals surface area (Å²) >= 11 is 2.85. The first kappa shape index (κ1) is 14.0. The average molecular weight is 312 g/mol. The van der Waals surface area contributed by atoms with Crippen molar-refractivity contribution < 1.29 is 22.7 Å². The summed E-state index contributed by atoms with van der Waals surface area (Å²) < 4.78 is 43.3. The number of carbonyl (C=O) groups is 1. The van der Waals surface area contributed by atoms with Crippen molar-refractivity contribution in [2.24, 2.45) is 0 Å². The van der Waals surface area contributed by atoms with E-state index in [-0.39, 0.29) is 11.1 Å². The van der Waals surface area contributed by atoms with E-state index >= 15 is 0 Å². The third-order valence-electron chi connectivity index (χ3n) is 1.97. The first-order chi connectivity index (χ1) is 7.97. The molecule has 7 heteroatoms. The number of nitrogens with zero attached hydrogens (tertiary/aromatic N) is 1. The van der Waals surface area contributed by atoms with Crippen LogP contribution in [0.25, 0.3) is 0 Å². The van der Waals surface area contributed by atoms with Gasteiger partial charge < -0.3 is 4.74 Å². The van der Waals surface area contributed by atoms with E-state index in [2.05, 4.69) is 25.7 Å². The molecule has 3 nitrogen and oxygen atoms in total. The van der Waals surface area contributed by atoms with E-state index in [9.17, 15) is 18.0 Å². The van der Waals surface area contributed by atoms with Gasteiger partial charge in [0.1, 0.15) is 0 Å². The molecular weight excluding hydrogens is 303 g/mol. The van der Waals surface area contributed by atoms with Gasteiger partial charge in [-0.05, 0) is 22.9 Å². The molecule has 0 aromatic carbocycles. The summed E-state index contributed by atoms with van der Waals surface area (Å²) in [6, 6.07) is 0. The molecular formula is C10H9BrF3NO2. The monoisotopic (exact) mass is 311 g/mol. The number of ether oxygens (including phenoxy) is 1. The minimum atomic E-state index is -2.90. The number of alkyl halides is 2. The summed E-state index contributed by atoms with van der Waals surface area (Å²) in [6.07, 6.45) is -2.52. The van der Waals surface area contributed by atoms with Crippen LogP contribution in [0.3, 0.4) is 0 Å². The van der Waals surface area contributed by atoms with Crippen LogP contribution in [0.5, 0.6) is 0 Å². The molecule has 1 aromatic rings. The van der Waals surface area contributed by atoms with Gasteiger partial charge in [0.2, 0.25) is 5.95 Å². The molecule has 0 fully saturated rings. The SMILES string of the molecule is CCOC(=O)Cc1c(F)ncc(Br)c1C(F)F. The second kappa shape index (κ2) is 6.00. The minimum Gasteiger partial charge on any atom is -0.466 e. The number of pyridine rings is 1. The summed E-state index contributed by atoms with van der Waals surface area (Å²) in [6.45, 7) is 1.67. The molecule has 17 heavy (non-hydrogen) atoms. The molecule has 0 bridgehead atoms. The van der Waals surface area contributed by atoms with Crippen LogP contribution < -0.4 is 0 Å². The smallest absolute Gasteiger partial charge is 0.310 e. The Hall–Kier alpha value is -1.11. The molecule has 1 aromatic heterocycles. The quantitative estimate of drug-likeness (QED) is 0.634. The van der Waals surface area contributed by atoms with Crippen molar-refractivity contribution in [2.45, 2.75) is 19.8 Å². The summed E-state index contributed by atoms with van der Waals surface area (Å²) in [5, 5.41) is 0. The van der Waals surface area contributed by atoms with Gasteiger partial charge in [-0.15, -0.1) is 0 Å². The van der Waals surface area contributed by atoms with Crippen molar-refractivity contribution in [1.29, 1.82) is 0 Å². The first-order valence-corrected chi connectivity index (χ1v) is 5.53. The second-order valence-corrected chi connectivity index (χ2v) is 3.93. The van der Waals surface area contributed by atoms with Crippen molar-refractivity contribution in [3.05, 3.63) is 27.7 Å². The predicted molar refractivity (Wildman–Crippen MR) is 57.2 cm³/mol. The van der Waals surface area contributed by atoms with Gasteiger partial charge in [0, 0.05) is 21.8 Å². The van der Waals surface area contributed by atoms with Gasteiger partial charge >= 0.3 is 5.97 Å². The summed E-state index contributed by atoms with van der Waals surface area (Å²) in [7, 11) is 0. The van der Waals surface area contributed by atoms with Gasteiger partial charge in [-0.25, -0.2) is 13.8 Å². The van der Waals surface area contributed by atoms with E-state index in [0.29, 0.717) is 0 Å². The second-order valence-electron chi connectivity index (χ2n) is 3.07. The maximum Gasteiger partial charge on any atom is 0.310 e. The third kappa shape index (κ3) is 3.42. The Balaban J connectivity index is 3.12. The molecule has 0 saturated carbocycles. The van der Waals surface area contributed by atoms with Crippen LogP contribution in [0.1, 0.15) is 24.5 Å². The molecule has 1 heterocycles. The van der Waals surface area contributed by atoms with Crippen LogP contribution in [-0.2, 0) is 16.0 Å². The first-order valence-electron chi connectivity index (χ1n) is 4.73. The average Bonchev–Trinajstić information content (AvgIpc) is 2.23. The largest absolute Gasteiger partial charge is 0.466 e. The van der Waals surface area contributed by atoms with Crippen molar-refractivity contribution in [2.75, 3.05) is 6.61 Å². The molecule has 0 spiro atoms. The lowest BCUT2D eigenvalue weighted by molar-refractivity contribution is -0.142. The minimum absolute atomic E-state index is 0.0341. The summed E-state index contributed by atoms with van der Waals surface area (Å²) in [5.41, 5.74) is -1.00. The fourth-order valence-corrected chi connectivity index (χ4v) is 1.79. The lowest BCUT2D eigenvalue weighted by atomic mass is 10.1. The summed E-state index contributed by atoms with van der Waals surface area (Å²) in [4.78, 5) is 14.5. The van der Waals surface area contributed by atoms with E-state index in [1.54, 1.807) is 6.92 Å². The number of carbonyl (C=O) groups excluding carboxylic acids is 1. The number of aromatic nitrogens is 1. The topological polar surface area (TPSA) is 39.2 Å². The van der Waals surface area contributed by atoms with Crippen molar-refractivity contribution in [3.63, 3.8) is 0 Å². The fourth-order valence-electron chi connectivity index (χ4n) is 1.28. The van der Waals surface area contributed by atoms with Crippen LogP contribution >= 0.6 is 15.9 Å². The van der Waals surface area contributed by atoms with Gasteiger partial charge in [0.15, 0.2) is 0 Å². The maximum absolute atomic E-state index is 13.3. The molecule has 0 atom stereocenters. The van der Waals surface area contributed by atoms with E-state index in [4.69, 9.17) is 0 Å². The van der Waals surface area contributed by atoms with Crippen LogP contribution in [0, 0.1) is 5.95 Å². The maximum atomic E-state index is 13.3. The number of halogens is 4. The molecule has 0 N–H and O–H groups in total. The van der Waals surface area contributed by atoms with E-state index in [1.807, 2.05) is 0 Å².